The summed E-state index contributed by atoms with van der Waals surface area (Å²) < 4.78 is 1.99. The lowest BCUT2D eigenvalue weighted by atomic mass is 9.75. The molecule has 3 aromatic rings. The van der Waals surface area contributed by atoms with E-state index in [1.807, 2.05) is 15.6 Å². The van der Waals surface area contributed by atoms with Crippen LogP contribution in [0.2, 0.25) is 0 Å². The van der Waals surface area contributed by atoms with E-state index >= 15 is 0 Å². The Morgan fingerprint density at radius 2 is 1.78 bits per heavy atom. The van der Waals surface area contributed by atoms with Gasteiger partial charge in [-0.2, -0.15) is 5.10 Å². The molecule has 2 aromatic heterocycles. The molecule has 1 unspecified atom stereocenters. The summed E-state index contributed by atoms with van der Waals surface area (Å²) in [7, 11) is 0. The second-order valence-electron chi connectivity index (χ2n) is 11.4. The van der Waals surface area contributed by atoms with Crippen molar-refractivity contribution >= 4 is 23.3 Å². The van der Waals surface area contributed by atoms with Gasteiger partial charge in [0.2, 0.25) is 5.91 Å². The molecule has 1 amide bonds. The highest BCUT2D eigenvalue weighted by molar-refractivity contribution is 5.83. The molecule has 3 fully saturated rings. The average molecular weight is 499 g/mol. The standard InChI is InChI=1S/C30H38N6O/c1-21(2)35-10-8-25(19-35)23-3-5-24(6-4-23)27-17-29-28(7-9-32-36(29)20-27)33-11-13-34(14-12-33)30(37)26-15-22(16-26)18-31/h3-7,9,17-18,20-22,25-26,31H,8,10-16,19H2,1-2H3. The van der Waals surface area contributed by atoms with Crippen LogP contribution in [0.25, 0.3) is 16.6 Å². The summed E-state index contributed by atoms with van der Waals surface area (Å²) in [5.41, 5.74) is 6.13. The van der Waals surface area contributed by atoms with Gasteiger partial charge in [-0.15, -0.1) is 0 Å². The van der Waals surface area contributed by atoms with Crippen molar-refractivity contribution in [2.75, 3.05) is 44.2 Å². The minimum absolute atomic E-state index is 0.119. The van der Waals surface area contributed by atoms with E-state index in [0.29, 0.717) is 17.9 Å². The fourth-order valence-electron chi connectivity index (χ4n) is 6.33. The van der Waals surface area contributed by atoms with E-state index in [9.17, 15) is 4.79 Å². The number of carbonyl (C=O) groups is 1. The monoisotopic (exact) mass is 498 g/mol. The van der Waals surface area contributed by atoms with Crippen molar-refractivity contribution in [2.45, 2.75) is 45.1 Å². The number of amides is 1. The third-order valence-electron chi connectivity index (χ3n) is 8.84. The minimum Gasteiger partial charge on any atom is -0.366 e. The molecule has 0 spiro atoms. The van der Waals surface area contributed by atoms with Gasteiger partial charge in [0.1, 0.15) is 0 Å². The molecule has 7 nitrogen and oxygen atoms in total. The van der Waals surface area contributed by atoms with Crippen LogP contribution in [0.5, 0.6) is 0 Å². The molecule has 194 valence electrons. The van der Waals surface area contributed by atoms with Crippen molar-refractivity contribution in [3.63, 3.8) is 0 Å². The maximum absolute atomic E-state index is 12.8. The van der Waals surface area contributed by atoms with E-state index in [1.165, 1.54) is 41.6 Å². The number of likely N-dealkylation sites (tertiary alicyclic amines) is 1. The highest BCUT2D eigenvalue weighted by Crippen LogP contribution is 2.35. The molecule has 0 radical (unpaired) electrons. The minimum atomic E-state index is 0.119. The highest BCUT2D eigenvalue weighted by atomic mass is 16.2. The SMILES string of the molecule is CC(C)N1CCC(c2ccc(-c3cc4c(N5CCN(C(=O)C6CC(C=N)C6)CC5)ccnn4c3)cc2)C1. The summed E-state index contributed by atoms with van der Waals surface area (Å²) in [6, 6.07) is 14.1. The number of aromatic nitrogens is 2. The first-order valence-electron chi connectivity index (χ1n) is 13.9. The highest BCUT2D eigenvalue weighted by Gasteiger charge is 2.36. The number of rotatable bonds is 6. The zero-order chi connectivity index (χ0) is 25.5. The summed E-state index contributed by atoms with van der Waals surface area (Å²) in [6.07, 6.45) is 8.42. The summed E-state index contributed by atoms with van der Waals surface area (Å²) in [4.78, 5) is 19.8. The Bertz CT molecular complexity index is 1270. The van der Waals surface area contributed by atoms with Crippen molar-refractivity contribution in [1.29, 1.82) is 5.41 Å². The maximum atomic E-state index is 12.8. The molecule has 7 heteroatoms. The van der Waals surface area contributed by atoms with Gasteiger partial charge < -0.3 is 20.1 Å². The molecule has 1 N–H and O–H groups in total. The summed E-state index contributed by atoms with van der Waals surface area (Å²) in [6.45, 7) is 10.1. The van der Waals surface area contributed by atoms with E-state index in [-0.39, 0.29) is 11.8 Å². The van der Waals surface area contributed by atoms with Crippen LogP contribution in [0.4, 0.5) is 5.69 Å². The second kappa shape index (κ2) is 9.93. The Balaban J connectivity index is 1.14. The first-order valence-corrected chi connectivity index (χ1v) is 13.9. The van der Waals surface area contributed by atoms with Crippen LogP contribution in [0.15, 0.2) is 48.8 Å². The summed E-state index contributed by atoms with van der Waals surface area (Å²) >= 11 is 0. The fourth-order valence-corrected chi connectivity index (χ4v) is 6.33. The molecule has 0 bridgehead atoms. The van der Waals surface area contributed by atoms with E-state index < -0.39 is 0 Å². The van der Waals surface area contributed by atoms with Gasteiger partial charge in [-0.05, 0) is 81.0 Å². The van der Waals surface area contributed by atoms with Crippen LogP contribution in [0, 0.1) is 17.2 Å². The zero-order valence-corrected chi connectivity index (χ0v) is 22.0. The average Bonchev–Trinajstić information content (AvgIpc) is 3.56. The Labute approximate surface area is 219 Å². The Kier molecular flexibility index (Phi) is 6.49. The second-order valence-corrected chi connectivity index (χ2v) is 11.4. The molecule has 6 rings (SSSR count). The molecule has 2 aliphatic heterocycles. The number of fused-ring (bicyclic) bond motifs is 1. The van der Waals surface area contributed by atoms with Crippen LogP contribution >= 0.6 is 0 Å². The van der Waals surface area contributed by atoms with Gasteiger partial charge in [-0.1, -0.05) is 24.3 Å². The number of anilines is 1. The van der Waals surface area contributed by atoms with Crippen molar-refractivity contribution in [2.24, 2.45) is 11.8 Å². The molecule has 1 atom stereocenters. The number of hydrogen-bond donors (Lipinski definition) is 1. The Hall–Kier alpha value is -3.19. The predicted octanol–water partition coefficient (Wildman–Crippen LogP) is 4.52. The van der Waals surface area contributed by atoms with Gasteiger partial charge in [-0.3, -0.25) is 4.79 Å². The molecule has 1 saturated carbocycles. The van der Waals surface area contributed by atoms with Crippen LogP contribution in [0.1, 0.15) is 44.6 Å². The smallest absolute Gasteiger partial charge is 0.225 e. The van der Waals surface area contributed by atoms with Crippen molar-refractivity contribution in [3.8, 4) is 11.1 Å². The fraction of sp³-hybridized carbons (Fsp3) is 0.500. The molecule has 2 saturated heterocycles. The largest absolute Gasteiger partial charge is 0.366 e. The number of carbonyl (C=O) groups excluding carboxylic acids is 1. The first kappa shape index (κ1) is 24.2. The van der Waals surface area contributed by atoms with Crippen molar-refractivity contribution in [3.05, 3.63) is 54.4 Å². The van der Waals surface area contributed by atoms with Gasteiger partial charge in [0.05, 0.1) is 11.2 Å². The quantitative estimate of drug-likeness (QED) is 0.508. The molecule has 3 aliphatic rings. The summed E-state index contributed by atoms with van der Waals surface area (Å²) in [5.74, 6) is 1.33. The number of hydrogen-bond acceptors (Lipinski definition) is 5. The van der Waals surface area contributed by atoms with Crippen LogP contribution in [-0.4, -0.2) is 76.8 Å². The lowest BCUT2D eigenvalue weighted by Crippen LogP contribution is -2.52. The van der Waals surface area contributed by atoms with E-state index in [4.69, 9.17) is 5.41 Å². The number of piperazine rings is 1. The number of benzene rings is 1. The lowest BCUT2D eigenvalue weighted by Gasteiger charge is -2.40. The van der Waals surface area contributed by atoms with Gasteiger partial charge in [0, 0.05) is 62.6 Å². The van der Waals surface area contributed by atoms with Gasteiger partial charge in [0.25, 0.3) is 0 Å². The van der Waals surface area contributed by atoms with Gasteiger partial charge >= 0.3 is 0 Å². The topological polar surface area (TPSA) is 67.9 Å². The molecular weight excluding hydrogens is 460 g/mol. The van der Waals surface area contributed by atoms with Crippen LogP contribution in [-0.2, 0) is 4.79 Å². The third kappa shape index (κ3) is 4.65. The van der Waals surface area contributed by atoms with E-state index in [1.54, 1.807) is 0 Å². The molecule has 1 aromatic carbocycles. The van der Waals surface area contributed by atoms with Crippen LogP contribution in [0.3, 0.4) is 0 Å². The Morgan fingerprint density at radius 3 is 2.46 bits per heavy atom. The normalized spacial score (nSPS) is 24.6. The van der Waals surface area contributed by atoms with Crippen molar-refractivity contribution < 1.29 is 4.79 Å². The van der Waals surface area contributed by atoms with E-state index in [2.05, 4.69) is 71.3 Å². The Morgan fingerprint density at radius 1 is 1.03 bits per heavy atom. The third-order valence-corrected chi connectivity index (χ3v) is 8.84. The number of nitrogens with one attached hydrogen (secondary N) is 1. The van der Waals surface area contributed by atoms with Crippen molar-refractivity contribution in [1.82, 2.24) is 19.4 Å². The van der Waals surface area contributed by atoms with E-state index in [0.717, 1.165) is 51.1 Å². The van der Waals surface area contributed by atoms with Gasteiger partial charge in [0.15, 0.2) is 0 Å². The maximum Gasteiger partial charge on any atom is 0.225 e. The lowest BCUT2D eigenvalue weighted by molar-refractivity contribution is -0.139. The predicted molar refractivity (Wildman–Crippen MR) is 148 cm³/mol. The molecule has 1 aliphatic carbocycles. The number of nitrogens with zero attached hydrogens (tertiary/aromatic N) is 5. The molecule has 4 heterocycles. The summed E-state index contributed by atoms with van der Waals surface area (Å²) in [5, 5.41) is 12.0. The first-order chi connectivity index (χ1) is 18.0. The van der Waals surface area contributed by atoms with Crippen LogP contribution < -0.4 is 4.90 Å². The molecule has 37 heavy (non-hydrogen) atoms. The van der Waals surface area contributed by atoms with Gasteiger partial charge in [-0.25, -0.2) is 4.52 Å². The molecular formula is C30H38N6O. The zero-order valence-electron chi connectivity index (χ0n) is 22.0.